The average Bonchev–Trinajstić information content (AvgIpc) is 2.17. The maximum Gasteiger partial charge on any atom is 0.341 e. The average molecular weight is 229 g/mol. The van der Waals surface area contributed by atoms with Crippen LogP contribution in [0.5, 0.6) is 5.75 Å². The second-order valence-corrected chi connectivity index (χ2v) is 3.46. The third kappa shape index (κ3) is 2.63. The van der Waals surface area contributed by atoms with E-state index in [1.165, 1.54) is 7.11 Å². The Kier molecular flexibility index (Phi) is 3.97. The van der Waals surface area contributed by atoms with Crippen LogP contribution in [-0.4, -0.2) is 19.7 Å². The molecule has 0 fully saturated rings. The highest BCUT2D eigenvalue weighted by Crippen LogP contribution is 2.28. The first-order valence-electron chi connectivity index (χ1n) is 4.61. The number of rotatable bonds is 3. The number of esters is 1. The topological polar surface area (TPSA) is 35.5 Å². The maximum atomic E-state index is 11.6. The molecular formula is C11H13ClO3. The van der Waals surface area contributed by atoms with Gasteiger partial charge in [-0.05, 0) is 31.5 Å². The Labute approximate surface area is 93.9 Å². The van der Waals surface area contributed by atoms with Crippen molar-refractivity contribution in [3.05, 3.63) is 28.3 Å². The van der Waals surface area contributed by atoms with Gasteiger partial charge in [-0.15, -0.1) is 0 Å². The molecule has 0 radical (unpaired) electrons. The van der Waals surface area contributed by atoms with Crippen molar-refractivity contribution in [2.24, 2.45) is 0 Å². The SMILES string of the molecule is CCOC(=O)c1cc(Cl)cc(C)c1OC. The molecule has 0 N–H and O–H groups in total. The van der Waals surface area contributed by atoms with Crippen molar-refractivity contribution in [2.45, 2.75) is 13.8 Å². The fourth-order valence-corrected chi connectivity index (χ4v) is 1.63. The Hall–Kier alpha value is -1.22. The first kappa shape index (κ1) is 11.9. The molecule has 3 nitrogen and oxygen atoms in total. The zero-order valence-corrected chi connectivity index (χ0v) is 9.72. The lowest BCUT2D eigenvalue weighted by Crippen LogP contribution is -2.07. The second kappa shape index (κ2) is 5.03. The third-order valence-corrected chi connectivity index (χ3v) is 2.16. The van der Waals surface area contributed by atoms with Crippen LogP contribution in [0, 0.1) is 6.92 Å². The van der Waals surface area contributed by atoms with Crippen LogP contribution in [0.25, 0.3) is 0 Å². The molecule has 0 saturated heterocycles. The summed E-state index contributed by atoms with van der Waals surface area (Å²) in [6.45, 7) is 3.91. The second-order valence-electron chi connectivity index (χ2n) is 3.02. The number of carbonyl (C=O) groups excluding carboxylic acids is 1. The Morgan fingerprint density at radius 3 is 2.67 bits per heavy atom. The van der Waals surface area contributed by atoms with Crippen molar-refractivity contribution in [3.8, 4) is 5.75 Å². The van der Waals surface area contributed by atoms with E-state index in [4.69, 9.17) is 21.1 Å². The van der Waals surface area contributed by atoms with Gasteiger partial charge in [0, 0.05) is 5.02 Å². The van der Waals surface area contributed by atoms with Crippen molar-refractivity contribution in [3.63, 3.8) is 0 Å². The van der Waals surface area contributed by atoms with Gasteiger partial charge >= 0.3 is 5.97 Å². The molecule has 82 valence electrons. The van der Waals surface area contributed by atoms with Gasteiger partial charge < -0.3 is 9.47 Å². The van der Waals surface area contributed by atoms with Crippen LogP contribution in [0.15, 0.2) is 12.1 Å². The lowest BCUT2D eigenvalue weighted by atomic mass is 10.1. The minimum atomic E-state index is -0.417. The molecule has 1 rings (SSSR count). The van der Waals surface area contributed by atoms with E-state index in [0.717, 1.165) is 5.56 Å². The Morgan fingerprint density at radius 2 is 2.13 bits per heavy atom. The van der Waals surface area contributed by atoms with E-state index >= 15 is 0 Å². The van der Waals surface area contributed by atoms with Crippen LogP contribution < -0.4 is 4.74 Å². The molecule has 0 bridgehead atoms. The van der Waals surface area contributed by atoms with Crippen LogP contribution in [-0.2, 0) is 4.74 Å². The number of aryl methyl sites for hydroxylation is 1. The quantitative estimate of drug-likeness (QED) is 0.747. The molecule has 0 atom stereocenters. The molecular weight excluding hydrogens is 216 g/mol. The van der Waals surface area contributed by atoms with Crippen LogP contribution >= 0.6 is 11.6 Å². The largest absolute Gasteiger partial charge is 0.496 e. The Balaban J connectivity index is 3.20. The minimum Gasteiger partial charge on any atom is -0.496 e. The smallest absolute Gasteiger partial charge is 0.341 e. The van der Waals surface area contributed by atoms with Gasteiger partial charge in [0.2, 0.25) is 0 Å². The number of halogens is 1. The summed E-state index contributed by atoms with van der Waals surface area (Å²) in [5.74, 6) is 0.0952. The van der Waals surface area contributed by atoms with E-state index < -0.39 is 5.97 Å². The number of methoxy groups -OCH3 is 1. The van der Waals surface area contributed by atoms with E-state index in [2.05, 4.69) is 0 Å². The summed E-state index contributed by atoms with van der Waals surface area (Å²) in [4.78, 5) is 11.6. The highest BCUT2D eigenvalue weighted by molar-refractivity contribution is 6.31. The van der Waals surface area contributed by atoms with Gasteiger partial charge in [0.05, 0.1) is 13.7 Å². The van der Waals surface area contributed by atoms with Crippen molar-refractivity contribution >= 4 is 17.6 Å². The number of benzene rings is 1. The highest BCUT2D eigenvalue weighted by atomic mass is 35.5. The van der Waals surface area contributed by atoms with Gasteiger partial charge in [0.15, 0.2) is 0 Å². The fraction of sp³-hybridized carbons (Fsp3) is 0.364. The van der Waals surface area contributed by atoms with Crippen molar-refractivity contribution < 1.29 is 14.3 Å². The van der Waals surface area contributed by atoms with Gasteiger partial charge in [-0.2, -0.15) is 0 Å². The number of carbonyl (C=O) groups is 1. The summed E-state index contributed by atoms with van der Waals surface area (Å²) in [5.41, 5.74) is 1.18. The predicted molar refractivity (Wildman–Crippen MR) is 58.7 cm³/mol. The van der Waals surface area contributed by atoms with Crippen molar-refractivity contribution in [1.29, 1.82) is 0 Å². The summed E-state index contributed by atoms with van der Waals surface area (Å²) in [7, 11) is 1.51. The van der Waals surface area contributed by atoms with Gasteiger partial charge in [0.1, 0.15) is 11.3 Å². The lowest BCUT2D eigenvalue weighted by molar-refractivity contribution is 0.0522. The van der Waals surface area contributed by atoms with E-state index in [0.29, 0.717) is 22.9 Å². The first-order valence-corrected chi connectivity index (χ1v) is 4.99. The number of hydrogen-bond donors (Lipinski definition) is 0. The zero-order valence-electron chi connectivity index (χ0n) is 8.96. The molecule has 0 aliphatic carbocycles. The summed E-state index contributed by atoms with van der Waals surface area (Å²) in [5, 5.41) is 0.497. The Morgan fingerprint density at radius 1 is 1.47 bits per heavy atom. The lowest BCUT2D eigenvalue weighted by Gasteiger charge is -2.10. The van der Waals surface area contributed by atoms with Crippen LogP contribution in [0.4, 0.5) is 0 Å². The fourth-order valence-electron chi connectivity index (χ4n) is 1.36. The first-order chi connectivity index (χ1) is 7.10. The molecule has 0 amide bonds. The molecule has 1 aromatic rings. The molecule has 0 aromatic heterocycles. The van der Waals surface area contributed by atoms with Gasteiger partial charge in [-0.25, -0.2) is 4.79 Å². The predicted octanol–water partition coefficient (Wildman–Crippen LogP) is 2.83. The van der Waals surface area contributed by atoms with Crippen molar-refractivity contribution in [1.82, 2.24) is 0 Å². The molecule has 0 aliphatic rings. The van der Waals surface area contributed by atoms with Gasteiger partial charge in [-0.1, -0.05) is 11.6 Å². The molecule has 4 heteroatoms. The van der Waals surface area contributed by atoms with Crippen LogP contribution in [0.2, 0.25) is 5.02 Å². The summed E-state index contributed by atoms with van der Waals surface area (Å²) >= 11 is 5.86. The third-order valence-electron chi connectivity index (χ3n) is 1.94. The normalized spacial score (nSPS) is 9.87. The monoisotopic (exact) mass is 228 g/mol. The van der Waals surface area contributed by atoms with E-state index in [1.807, 2.05) is 6.92 Å². The molecule has 0 spiro atoms. The molecule has 15 heavy (non-hydrogen) atoms. The van der Waals surface area contributed by atoms with Crippen LogP contribution in [0.1, 0.15) is 22.8 Å². The van der Waals surface area contributed by atoms with E-state index in [9.17, 15) is 4.79 Å². The molecule has 1 aromatic carbocycles. The van der Waals surface area contributed by atoms with E-state index in [-0.39, 0.29) is 0 Å². The maximum absolute atomic E-state index is 11.6. The molecule has 0 unspecified atom stereocenters. The van der Waals surface area contributed by atoms with Crippen LogP contribution in [0.3, 0.4) is 0 Å². The summed E-state index contributed by atoms with van der Waals surface area (Å²) in [6.07, 6.45) is 0. The van der Waals surface area contributed by atoms with E-state index in [1.54, 1.807) is 19.1 Å². The molecule has 0 aliphatic heterocycles. The Bertz CT molecular complexity index is 374. The zero-order chi connectivity index (χ0) is 11.4. The summed E-state index contributed by atoms with van der Waals surface area (Å²) < 4.78 is 10.0. The summed E-state index contributed by atoms with van der Waals surface area (Å²) in [6, 6.07) is 3.29. The van der Waals surface area contributed by atoms with Gasteiger partial charge in [-0.3, -0.25) is 0 Å². The number of hydrogen-bond acceptors (Lipinski definition) is 3. The highest BCUT2D eigenvalue weighted by Gasteiger charge is 2.16. The molecule has 0 heterocycles. The minimum absolute atomic E-state index is 0.327. The standard InChI is InChI=1S/C11H13ClO3/c1-4-15-11(13)9-6-8(12)5-7(2)10(9)14-3/h5-6H,4H2,1-3H3. The van der Waals surface area contributed by atoms with Crippen molar-refractivity contribution in [2.75, 3.05) is 13.7 Å². The van der Waals surface area contributed by atoms with Gasteiger partial charge in [0.25, 0.3) is 0 Å². The number of ether oxygens (including phenoxy) is 2. The molecule has 0 saturated carbocycles.